The fourth-order valence-corrected chi connectivity index (χ4v) is 5.08. The summed E-state index contributed by atoms with van der Waals surface area (Å²) < 4.78 is 32.4. The summed E-state index contributed by atoms with van der Waals surface area (Å²) in [5.41, 5.74) is 0.993. The van der Waals surface area contributed by atoms with Gasteiger partial charge in [-0.25, -0.2) is 8.42 Å². The normalized spacial score (nSPS) is 25.2. The van der Waals surface area contributed by atoms with Gasteiger partial charge in [-0.15, -0.1) is 0 Å². The predicted molar refractivity (Wildman–Crippen MR) is 83.8 cm³/mol. The molecule has 0 spiro atoms. The molecular weight excluding hydrogens is 302 g/mol. The van der Waals surface area contributed by atoms with E-state index < -0.39 is 10.0 Å². The molecule has 3 rings (SSSR count). The van der Waals surface area contributed by atoms with E-state index in [1.165, 1.54) is 0 Å². The highest BCUT2D eigenvalue weighted by Gasteiger charge is 2.35. The third-order valence-electron chi connectivity index (χ3n) is 4.33. The summed E-state index contributed by atoms with van der Waals surface area (Å²) in [4.78, 5) is 6.53. The Morgan fingerprint density at radius 3 is 2.77 bits per heavy atom. The molecule has 7 heteroatoms. The molecule has 2 aliphatic rings. The highest BCUT2D eigenvalue weighted by Crippen LogP contribution is 2.22. The molecule has 0 aliphatic carbocycles. The SMILES string of the molecule is O=S(=O)([C@@H]1CCCN(Cc2ccccn2)C1)N1CCOCC1. The highest BCUT2D eigenvalue weighted by atomic mass is 32.2. The number of likely N-dealkylation sites (tertiary alicyclic amines) is 1. The third-order valence-corrected chi connectivity index (χ3v) is 6.64. The third kappa shape index (κ3) is 3.65. The Morgan fingerprint density at radius 2 is 2.05 bits per heavy atom. The average Bonchev–Trinajstić information content (AvgIpc) is 2.57. The minimum absolute atomic E-state index is 0.303. The molecule has 1 aromatic rings. The summed E-state index contributed by atoms with van der Waals surface area (Å²) in [6.45, 7) is 4.23. The molecule has 122 valence electrons. The molecule has 1 aromatic heterocycles. The Bertz CT molecular complexity index is 573. The van der Waals surface area contributed by atoms with Crippen LogP contribution >= 0.6 is 0 Å². The lowest BCUT2D eigenvalue weighted by Crippen LogP contribution is -2.50. The second kappa shape index (κ2) is 7.04. The number of ether oxygens (including phenoxy) is 1. The lowest BCUT2D eigenvalue weighted by Gasteiger charge is -2.36. The molecule has 0 bridgehead atoms. The van der Waals surface area contributed by atoms with Crippen molar-refractivity contribution in [2.75, 3.05) is 39.4 Å². The van der Waals surface area contributed by atoms with E-state index >= 15 is 0 Å². The van der Waals surface area contributed by atoms with Crippen LogP contribution in [0.2, 0.25) is 0 Å². The monoisotopic (exact) mass is 325 g/mol. The second-order valence-electron chi connectivity index (χ2n) is 5.88. The van der Waals surface area contributed by atoms with Gasteiger partial charge in [-0.05, 0) is 31.5 Å². The predicted octanol–water partition coefficient (Wildman–Crippen LogP) is 0.708. The Kier molecular flexibility index (Phi) is 5.07. The lowest BCUT2D eigenvalue weighted by atomic mass is 10.1. The molecular formula is C15H23N3O3S. The molecule has 22 heavy (non-hydrogen) atoms. The lowest BCUT2D eigenvalue weighted by molar-refractivity contribution is 0.0719. The van der Waals surface area contributed by atoms with Crippen LogP contribution in [-0.4, -0.2) is 67.2 Å². The van der Waals surface area contributed by atoms with Gasteiger partial charge < -0.3 is 4.74 Å². The van der Waals surface area contributed by atoms with Crippen LogP contribution in [0.3, 0.4) is 0 Å². The number of hydrogen-bond donors (Lipinski definition) is 0. The first-order chi connectivity index (χ1) is 10.7. The maximum Gasteiger partial charge on any atom is 0.218 e. The molecule has 0 aromatic carbocycles. The summed E-state index contributed by atoms with van der Waals surface area (Å²) in [7, 11) is -3.22. The number of morpholine rings is 1. The smallest absolute Gasteiger partial charge is 0.218 e. The van der Waals surface area contributed by atoms with Crippen LogP contribution in [0.1, 0.15) is 18.5 Å². The molecule has 6 nitrogen and oxygen atoms in total. The highest BCUT2D eigenvalue weighted by molar-refractivity contribution is 7.89. The molecule has 2 aliphatic heterocycles. The molecule has 2 saturated heterocycles. The van der Waals surface area contributed by atoms with Crippen molar-refractivity contribution in [3.8, 4) is 0 Å². The topological polar surface area (TPSA) is 62.7 Å². The van der Waals surface area contributed by atoms with Crippen LogP contribution in [-0.2, 0) is 21.3 Å². The summed E-state index contributed by atoms with van der Waals surface area (Å²) in [6.07, 6.45) is 3.45. The van der Waals surface area contributed by atoms with E-state index in [9.17, 15) is 8.42 Å². The van der Waals surface area contributed by atoms with E-state index in [-0.39, 0.29) is 5.25 Å². The van der Waals surface area contributed by atoms with Gasteiger partial charge in [-0.3, -0.25) is 9.88 Å². The number of piperidine rings is 1. The van der Waals surface area contributed by atoms with Crippen LogP contribution in [0.15, 0.2) is 24.4 Å². The van der Waals surface area contributed by atoms with Crippen molar-refractivity contribution in [1.82, 2.24) is 14.2 Å². The van der Waals surface area contributed by atoms with Gasteiger partial charge in [0.05, 0.1) is 24.2 Å². The number of nitrogens with zero attached hydrogens (tertiary/aromatic N) is 3. The maximum absolute atomic E-state index is 12.8. The van der Waals surface area contributed by atoms with Gasteiger partial charge in [-0.2, -0.15) is 4.31 Å². The van der Waals surface area contributed by atoms with Gasteiger partial charge in [0, 0.05) is 32.4 Å². The molecule has 0 N–H and O–H groups in total. The van der Waals surface area contributed by atoms with Crippen molar-refractivity contribution in [2.45, 2.75) is 24.6 Å². The zero-order valence-corrected chi connectivity index (χ0v) is 13.5. The van der Waals surface area contributed by atoms with E-state index in [0.29, 0.717) is 32.8 Å². The van der Waals surface area contributed by atoms with Gasteiger partial charge in [0.2, 0.25) is 10.0 Å². The van der Waals surface area contributed by atoms with Gasteiger partial charge in [-0.1, -0.05) is 6.07 Å². The van der Waals surface area contributed by atoms with E-state index in [4.69, 9.17) is 4.74 Å². The van der Waals surface area contributed by atoms with Gasteiger partial charge in [0.15, 0.2) is 0 Å². The van der Waals surface area contributed by atoms with Crippen molar-refractivity contribution in [2.24, 2.45) is 0 Å². The Labute approximate surface area is 132 Å². The van der Waals surface area contributed by atoms with Crippen molar-refractivity contribution in [3.05, 3.63) is 30.1 Å². The van der Waals surface area contributed by atoms with E-state index in [0.717, 1.165) is 31.6 Å². The van der Waals surface area contributed by atoms with Crippen LogP contribution in [0.25, 0.3) is 0 Å². The first-order valence-corrected chi connectivity index (χ1v) is 9.35. The fourth-order valence-electron chi connectivity index (χ4n) is 3.13. The molecule has 3 heterocycles. The van der Waals surface area contributed by atoms with Crippen LogP contribution in [0.4, 0.5) is 0 Å². The fraction of sp³-hybridized carbons (Fsp3) is 0.667. The van der Waals surface area contributed by atoms with Crippen molar-refractivity contribution in [3.63, 3.8) is 0 Å². The largest absolute Gasteiger partial charge is 0.379 e. The zero-order chi connectivity index (χ0) is 15.4. The van der Waals surface area contributed by atoms with E-state index in [1.54, 1.807) is 10.5 Å². The molecule has 2 fully saturated rings. The second-order valence-corrected chi connectivity index (χ2v) is 8.09. The Morgan fingerprint density at radius 1 is 1.23 bits per heavy atom. The van der Waals surface area contributed by atoms with Crippen LogP contribution < -0.4 is 0 Å². The quantitative estimate of drug-likeness (QED) is 0.816. The van der Waals surface area contributed by atoms with Gasteiger partial charge >= 0.3 is 0 Å². The number of pyridine rings is 1. The standard InChI is InChI=1S/C15H23N3O3S/c19-22(20,18-8-10-21-11-9-18)15-5-3-7-17(13-15)12-14-4-1-2-6-16-14/h1-2,4,6,15H,3,5,7-13H2/t15-/m1/s1. The van der Waals surface area contributed by atoms with E-state index in [2.05, 4.69) is 9.88 Å². The Balaban J connectivity index is 1.64. The van der Waals surface area contributed by atoms with Crippen LogP contribution in [0.5, 0.6) is 0 Å². The van der Waals surface area contributed by atoms with Crippen molar-refractivity contribution < 1.29 is 13.2 Å². The van der Waals surface area contributed by atoms with Crippen molar-refractivity contribution >= 4 is 10.0 Å². The van der Waals surface area contributed by atoms with Gasteiger partial charge in [0.25, 0.3) is 0 Å². The summed E-state index contributed by atoms with van der Waals surface area (Å²) in [6, 6.07) is 5.85. The molecule has 0 amide bonds. The summed E-state index contributed by atoms with van der Waals surface area (Å²) in [5, 5.41) is -0.303. The number of rotatable bonds is 4. The maximum atomic E-state index is 12.8. The minimum Gasteiger partial charge on any atom is -0.379 e. The van der Waals surface area contributed by atoms with Crippen molar-refractivity contribution in [1.29, 1.82) is 0 Å². The van der Waals surface area contributed by atoms with Gasteiger partial charge in [0.1, 0.15) is 0 Å². The molecule has 1 atom stereocenters. The number of sulfonamides is 1. The number of aromatic nitrogens is 1. The number of hydrogen-bond acceptors (Lipinski definition) is 5. The first-order valence-electron chi connectivity index (χ1n) is 7.85. The Hall–Kier alpha value is -1.02. The summed E-state index contributed by atoms with van der Waals surface area (Å²) in [5.74, 6) is 0. The first kappa shape index (κ1) is 15.9. The summed E-state index contributed by atoms with van der Waals surface area (Å²) >= 11 is 0. The minimum atomic E-state index is -3.22. The zero-order valence-electron chi connectivity index (χ0n) is 12.7. The molecule has 0 saturated carbocycles. The van der Waals surface area contributed by atoms with Crippen LogP contribution in [0, 0.1) is 0 Å². The molecule has 0 unspecified atom stereocenters. The van der Waals surface area contributed by atoms with E-state index in [1.807, 2.05) is 18.2 Å². The molecule has 0 radical (unpaired) electrons. The average molecular weight is 325 g/mol.